The Morgan fingerprint density at radius 1 is 1.26 bits per heavy atom. The van der Waals surface area contributed by atoms with Crippen molar-refractivity contribution < 1.29 is 9.53 Å². The molecule has 6 heteroatoms. The molecule has 1 saturated heterocycles. The van der Waals surface area contributed by atoms with Crippen LogP contribution in [-0.4, -0.2) is 40.2 Å². The third kappa shape index (κ3) is 4.50. The van der Waals surface area contributed by atoms with Crippen LogP contribution in [-0.2, 0) is 11.3 Å². The van der Waals surface area contributed by atoms with Gasteiger partial charge in [0, 0.05) is 38.3 Å². The largest absolute Gasteiger partial charge is 0.376 e. The number of hydrogen-bond donors (Lipinski definition) is 1. The maximum absolute atomic E-state index is 12.6. The molecule has 0 spiro atoms. The number of anilines is 1. The van der Waals surface area contributed by atoms with E-state index < -0.39 is 0 Å². The number of nitrogens with zero attached hydrogens (tertiary/aromatic N) is 3. The van der Waals surface area contributed by atoms with Crippen LogP contribution < -0.4 is 5.32 Å². The van der Waals surface area contributed by atoms with Crippen LogP contribution >= 0.6 is 0 Å². The number of amides is 2. The highest BCUT2D eigenvalue weighted by atomic mass is 16.5. The molecular weight excluding hydrogens is 292 g/mol. The third-order valence-electron chi connectivity index (χ3n) is 3.74. The molecule has 6 nitrogen and oxygen atoms in total. The predicted molar refractivity (Wildman–Crippen MR) is 86.9 cm³/mol. The lowest BCUT2D eigenvalue weighted by molar-refractivity contribution is 0.0819. The molecule has 1 aliphatic heterocycles. The van der Waals surface area contributed by atoms with Crippen molar-refractivity contribution in [1.82, 2.24) is 14.9 Å². The number of rotatable bonds is 5. The highest BCUT2D eigenvalue weighted by Gasteiger charge is 2.23. The standard InChI is InChI=1S/C17H20N4O2/c22-17(20-15-5-2-8-19-11-15)21(13-16-6-3-9-23-16)12-14-4-1-7-18-10-14/h1-2,4-5,7-8,10-11,16H,3,6,9,12-13H2,(H,20,22)/t16-/m1/s1. The summed E-state index contributed by atoms with van der Waals surface area (Å²) < 4.78 is 5.67. The zero-order valence-corrected chi connectivity index (χ0v) is 12.9. The van der Waals surface area contributed by atoms with E-state index in [-0.39, 0.29) is 12.1 Å². The van der Waals surface area contributed by atoms with E-state index in [1.165, 1.54) is 0 Å². The second kappa shape index (κ2) is 7.69. The topological polar surface area (TPSA) is 67.4 Å². The van der Waals surface area contributed by atoms with Gasteiger partial charge in [-0.05, 0) is 36.6 Å². The van der Waals surface area contributed by atoms with Crippen molar-refractivity contribution >= 4 is 11.7 Å². The van der Waals surface area contributed by atoms with E-state index in [9.17, 15) is 4.79 Å². The fraction of sp³-hybridized carbons (Fsp3) is 0.353. The van der Waals surface area contributed by atoms with Crippen molar-refractivity contribution in [1.29, 1.82) is 0 Å². The van der Waals surface area contributed by atoms with Crippen LogP contribution in [0.25, 0.3) is 0 Å². The predicted octanol–water partition coefficient (Wildman–Crippen LogP) is 2.69. The molecule has 2 amide bonds. The Balaban J connectivity index is 1.69. The van der Waals surface area contributed by atoms with Crippen LogP contribution in [0, 0.1) is 0 Å². The normalized spacial score (nSPS) is 17.0. The van der Waals surface area contributed by atoms with Gasteiger partial charge in [-0.15, -0.1) is 0 Å². The molecule has 0 aliphatic carbocycles. The molecule has 120 valence electrons. The van der Waals surface area contributed by atoms with Gasteiger partial charge in [0.05, 0.1) is 18.0 Å². The van der Waals surface area contributed by atoms with Gasteiger partial charge < -0.3 is 15.0 Å². The monoisotopic (exact) mass is 312 g/mol. The van der Waals surface area contributed by atoms with E-state index in [4.69, 9.17) is 4.74 Å². The minimum Gasteiger partial charge on any atom is -0.376 e. The van der Waals surface area contributed by atoms with Crippen LogP contribution in [0.3, 0.4) is 0 Å². The fourth-order valence-corrected chi connectivity index (χ4v) is 2.60. The van der Waals surface area contributed by atoms with Gasteiger partial charge in [0.15, 0.2) is 0 Å². The van der Waals surface area contributed by atoms with Crippen molar-refractivity contribution in [3.63, 3.8) is 0 Å². The number of hydrogen-bond acceptors (Lipinski definition) is 4. The van der Waals surface area contributed by atoms with E-state index in [1.54, 1.807) is 35.8 Å². The van der Waals surface area contributed by atoms with Crippen molar-refractivity contribution in [3.05, 3.63) is 54.6 Å². The van der Waals surface area contributed by atoms with Gasteiger partial charge in [0.25, 0.3) is 0 Å². The highest BCUT2D eigenvalue weighted by Crippen LogP contribution is 2.16. The molecule has 1 fully saturated rings. The first kappa shape index (κ1) is 15.4. The summed E-state index contributed by atoms with van der Waals surface area (Å²) in [6.45, 7) is 1.84. The second-order valence-electron chi connectivity index (χ2n) is 5.55. The molecule has 1 aliphatic rings. The van der Waals surface area contributed by atoms with Gasteiger partial charge in [-0.3, -0.25) is 9.97 Å². The summed E-state index contributed by atoms with van der Waals surface area (Å²) in [4.78, 5) is 22.5. The maximum atomic E-state index is 12.6. The summed E-state index contributed by atoms with van der Waals surface area (Å²) in [7, 11) is 0. The van der Waals surface area contributed by atoms with Gasteiger partial charge >= 0.3 is 6.03 Å². The molecule has 0 saturated carbocycles. The Labute approximate surface area is 135 Å². The van der Waals surface area contributed by atoms with Crippen molar-refractivity contribution in [2.45, 2.75) is 25.5 Å². The van der Waals surface area contributed by atoms with E-state index in [1.807, 2.05) is 18.2 Å². The number of pyridine rings is 2. The molecule has 1 atom stereocenters. The molecule has 0 radical (unpaired) electrons. The van der Waals surface area contributed by atoms with Crippen LogP contribution in [0.5, 0.6) is 0 Å². The van der Waals surface area contributed by atoms with Gasteiger partial charge in [-0.25, -0.2) is 4.79 Å². The van der Waals surface area contributed by atoms with Crippen molar-refractivity contribution in [2.75, 3.05) is 18.5 Å². The SMILES string of the molecule is O=C(Nc1cccnc1)N(Cc1cccnc1)C[C@H]1CCCO1. The Bertz CT molecular complexity index is 615. The Morgan fingerprint density at radius 2 is 2.09 bits per heavy atom. The molecule has 0 unspecified atom stereocenters. The van der Waals surface area contributed by atoms with Gasteiger partial charge in [0.1, 0.15) is 0 Å². The molecule has 0 aromatic carbocycles. The third-order valence-corrected chi connectivity index (χ3v) is 3.74. The summed E-state index contributed by atoms with van der Waals surface area (Å²) in [6.07, 6.45) is 8.95. The molecule has 2 aromatic heterocycles. The lowest BCUT2D eigenvalue weighted by Crippen LogP contribution is -2.39. The minimum atomic E-state index is -0.155. The average molecular weight is 312 g/mol. The highest BCUT2D eigenvalue weighted by molar-refractivity contribution is 5.89. The average Bonchev–Trinajstić information content (AvgIpc) is 3.09. The number of nitrogens with one attached hydrogen (secondary N) is 1. The van der Waals surface area contributed by atoms with Crippen molar-refractivity contribution in [2.24, 2.45) is 0 Å². The summed E-state index contributed by atoms with van der Waals surface area (Å²) >= 11 is 0. The van der Waals surface area contributed by atoms with Gasteiger partial charge in [0.2, 0.25) is 0 Å². The summed E-state index contributed by atoms with van der Waals surface area (Å²) in [6, 6.07) is 7.30. The van der Waals surface area contributed by atoms with Crippen LogP contribution in [0.1, 0.15) is 18.4 Å². The van der Waals surface area contributed by atoms with E-state index in [0.29, 0.717) is 18.8 Å². The first-order valence-electron chi connectivity index (χ1n) is 7.78. The second-order valence-corrected chi connectivity index (χ2v) is 5.55. The molecule has 23 heavy (non-hydrogen) atoms. The number of carbonyl (C=O) groups is 1. The first-order valence-corrected chi connectivity index (χ1v) is 7.78. The molecular formula is C17H20N4O2. The Kier molecular flexibility index (Phi) is 5.16. The van der Waals surface area contributed by atoms with Gasteiger partial charge in [-0.2, -0.15) is 0 Å². The van der Waals surface area contributed by atoms with E-state index >= 15 is 0 Å². The van der Waals surface area contributed by atoms with E-state index in [2.05, 4.69) is 15.3 Å². The van der Waals surface area contributed by atoms with Gasteiger partial charge in [-0.1, -0.05) is 6.07 Å². The lowest BCUT2D eigenvalue weighted by Gasteiger charge is -2.25. The van der Waals surface area contributed by atoms with Crippen LogP contribution in [0.2, 0.25) is 0 Å². The smallest absolute Gasteiger partial charge is 0.322 e. The number of carbonyl (C=O) groups excluding carboxylic acids is 1. The molecule has 3 heterocycles. The van der Waals surface area contributed by atoms with Crippen molar-refractivity contribution in [3.8, 4) is 0 Å². The minimum absolute atomic E-state index is 0.103. The fourth-order valence-electron chi connectivity index (χ4n) is 2.60. The number of ether oxygens (including phenoxy) is 1. The number of urea groups is 1. The quantitative estimate of drug-likeness (QED) is 0.921. The molecule has 3 rings (SSSR count). The maximum Gasteiger partial charge on any atom is 0.322 e. The lowest BCUT2D eigenvalue weighted by atomic mass is 10.2. The summed E-state index contributed by atoms with van der Waals surface area (Å²) in [5, 5.41) is 2.88. The zero-order chi connectivity index (χ0) is 15.9. The first-order chi connectivity index (χ1) is 11.3. The van der Waals surface area contributed by atoms with Crippen LogP contribution in [0.15, 0.2) is 49.1 Å². The molecule has 2 aromatic rings. The van der Waals surface area contributed by atoms with E-state index in [0.717, 1.165) is 25.0 Å². The Hall–Kier alpha value is -2.47. The number of aromatic nitrogens is 2. The summed E-state index contributed by atoms with van der Waals surface area (Å²) in [5.41, 5.74) is 1.67. The zero-order valence-electron chi connectivity index (χ0n) is 12.9. The molecule has 0 bridgehead atoms. The summed E-state index contributed by atoms with van der Waals surface area (Å²) in [5.74, 6) is 0. The Morgan fingerprint density at radius 3 is 2.74 bits per heavy atom. The molecule has 1 N–H and O–H groups in total. The van der Waals surface area contributed by atoms with Crippen LogP contribution in [0.4, 0.5) is 10.5 Å².